The molecule has 4 aromatic rings. The lowest BCUT2D eigenvalue weighted by Crippen LogP contribution is -2.49. The van der Waals surface area contributed by atoms with Crippen LogP contribution in [0.2, 0.25) is 0 Å². The highest BCUT2D eigenvalue weighted by Crippen LogP contribution is 2.24. The van der Waals surface area contributed by atoms with Crippen molar-refractivity contribution in [3.05, 3.63) is 82.3 Å². The van der Waals surface area contributed by atoms with Gasteiger partial charge in [0.15, 0.2) is 18.2 Å². The van der Waals surface area contributed by atoms with Crippen LogP contribution >= 0.6 is 11.3 Å². The van der Waals surface area contributed by atoms with Crippen molar-refractivity contribution in [3.8, 4) is 16.3 Å². The molecule has 1 aliphatic heterocycles. The van der Waals surface area contributed by atoms with E-state index in [1.165, 1.54) is 46.2 Å². The lowest BCUT2D eigenvalue weighted by Gasteiger charge is -2.34. The fourth-order valence-electron chi connectivity index (χ4n) is 3.82. The second-order valence-corrected chi connectivity index (χ2v) is 9.03. The average molecular weight is 498 g/mol. The van der Waals surface area contributed by atoms with Gasteiger partial charge in [0, 0.05) is 44.4 Å². The molecule has 0 atom stereocenters. The number of nitrogens with zero attached hydrogens (tertiary/aromatic N) is 5. The monoisotopic (exact) mass is 497 g/mol. The summed E-state index contributed by atoms with van der Waals surface area (Å²) < 4.78 is 33.4. The molecule has 0 N–H and O–H groups in total. The SMILES string of the molecule is O=C(COc1ccccc1F)N1CCN(Cc2cc(=O)n3nc(-c4ccc(F)cc4)sc3n2)CC1. The van der Waals surface area contributed by atoms with Gasteiger partial charge in [-0.05, 0) is 36.4 Å². The van der Waals surface area contributed by atoms with Crippen LogP contribution in [0.15, 0.2) is 59.4 Å². The van der Waals surface area contributed by atoms with Gasteiger partial charge in [0.1, 0.15) is 10.8 Å². The Morgan fingerprint density at radius 3 is 2.51 bits per heavy atom. The summed E-state index contributed by atoms with van der Waals surface area (Å²) in [5.41, 5.74) is 1.04. The zero-order valence-electron chi connectivity index (χ0n) is 18.6. The molecule has 1 saturated heterocycles. The maximum atomic E-state index is 13.7. The zero-order chi connectivity index (χ0) is 24.4. The summed E-state index contributed by atoms with van der Waals surface area (Å²) in [6.07, 6.45) is 0. The number of halogens is 2. The summed E-state index contributed by atoms with van der Waals surface area (Å²) in [6, 6.07) is 13.4. The summed E-state index contributed by atoms with van der Waals surface area (Å²) in [5, 5.41) is 4.90. The van der Waals surface area contributed by atoms with Gasteiger partial charge >= 0.3 is 0 Å². The number of carbonyl (C=O) groups is 1. The highest BCUT2D eigenvalue weighted by atomic mass is 32.1. The molecule has 180 valence electrons. The van der Waals surface area contributed by atoms with Crippen LogP contribution < -0.4 is 10.3 Å². The number of piperazine rings is 1. The second-order valence-electron chi connectivity index (χ2n) is 8.07. The minimum absolute atomic E-state index is 0.0536. The van der Waals surface area contributed by atoms with Crippen molar-refractivity contribution in [2.24, 2.45) is 0 Å². The van der Waals surface area contributed by atoms with E-state index in [-0.39, 0.29) is 29.6 Å². The number of carbonyl (C=O) groups excluding carboxylic acids is 1. The molecule has 3 heterocycles. The van der Waals surface area contributed by atoms with E-state index in [4.69, 9.17) is 4.74 Å². The molecule has 2 aromatic heterocycles. The summed E-state index contributed by atoms with van der Waals surface area (Å²) in [7, 11) is 0. The summed E-state index contributed by atoms with van der Waals surface area (Å²) in [4.78, 5) is 33.9. The van der Waals surface area contributed by atoms with E-state index in [0.29, 0.717) is 53.9 Å². The molecule has 11 heteroatoms. The van der Waals surface area contributed by atoms with Crippen LogP contribution in [-0.2, 0) is 11.3 Å². The normalized spacial score (nSPS) is 14.4. The Morgan fingerprint density at radius 2 is 1.77 bits per heavy atom. The maximum Gasteiger partial charge on any atom is 0.275 e. The molecule has 0 aliphatic carbocycles. The van der Waals surface area contributed by atoms with E-state index in [2.05, 4.69) is 15.0 Å². The van der Waals surface area contributed by atoms with Gasteiger partial charge in [0.05, 0.1) is 5.69 Å². The third kappa shape index (κ3) is 5.20. The average Bonchev–Trinajstić information content (AvgIpc) is 3.29. The Kier molecular flexibility index (Phi) is 6.51. The number of hydrogen-bond acceptors (Lipinski definition) is 7. The van der Waals surface area contributed by atoms with Gasteiger partial charge in [-0.1, -0.05) is 23.5 Å². The van der Waals surface area contributed by atoms with Gasteiger partial charge in [-0.15, -0.1) is 0 Å². The topological polar surface area (TPSA) is 80.0 Å². The van der Waals surface area contributed by atoms with Crippen LogP contribution in [0.4, 0.5) is 8.78 Å². The number of rotatable bonds is 6. The third-order valence-electron chi connectivity index (χ3n) is 5.69. The van der Waals surface area contributed by atoms with Crippen LogP contribution in [0, 0.1) is 11.6 Å². The van der Waals surface area contributed by atoms with E-state index >= 15 is 0 Å². The lowest BCUT2D eigenvalue weighted by molar-refractivity contribution is -0.135. The van der Waals surface area contributed by atoms with Crippen molar-refractivity contribution in [1.82, 2.24) is 24.4 Å². The number of amides is 1. The number of ether oxygens (including phenoxy) is 1. The van der Waals surface area contributed by atoms with E-state index < -0.39 is 5.82 Å². The van der Waals surface area contributed by atoms with Gasteiger partial charge in [0.25, 0.3) is 11.5 Å². The first-order valence-corrected chi connectivity index (χ1v) is 11.8. The van der Waals surface area contributed by atoms with Crippen molar-refractivity contribution in [2.75, 3.05) is 32.8 Å². The molecule has 35 heavy (non-hydrogen) atoms. The molecule has 5 rings (SSSR count). The molecule has 1 fully saturated rings. The Bertz CT molecular complexity index is 1410. The highest BCUT2D eigenvalue weighted by Gasteiger charge is 2.22. The minimum Gasteiger partial charge on any atom is -0.481 e. The van der Waals surface area contributed by atoms with Gasteiger partial charge in [0.2, 0.25) is 4.96 Å². The molecule has 0 spiro atoms. The molecule has 1 aliphatic rings. The Morgan fingerprint density at radius 1 is 1.03 bits per heavy atom. The molecule has 0 unspecified atom stereocenters. The first-order valence-electron chi connectivity index (χ1n) is 11.0. The number of benzene rings is 2. The van der Waals surface area contributed by atoms with Crippen LogP contribution in [0.1, 0.15) is 5.69 Å². The number of para-hydroxylation sites is 1. The van der Waals surface area contributed by atoms with E-state index in [1.807, 2.05) is 0 Å². The van der Waals surface area contributed by atoms with Gasteiger partial charge < -0.3 is 9.64 Å². The van der Waals surface area contributed by atoms with Crippen LogP contribution in [-0.4, -0.2) is 63.1 Å². The first-order chi connectivity index (χ1) is 17.0. The predicted octanol–water partition coefficient (Wildman–Crippen LogP) is 2.82. The molecule has 8 nitrogen and oxygen atoms in total. The molecule has 2 aromatic carbocycles. The van der Waals surface area contributed by atoms with Gasteiger partial charge in [-0.25, -0.2) is 13.8 Å². The molecule has 1 amide bonds. The Hall–Kier alpha value is -3.70. The van der Waals surface area contributed by atoms with Crippen molar-refractivity contribution in [1.29, 1.82) is 0 Å². The second kappa shape index (κ2) is 9.88. The smallest absolute Gasteiger partial charge is 0.275 e. The maximum absolute atomic E-state index is 13.7. The lowest BCUT2D eigenvalue weighted by atomic mass is 10.2. The summed E-state index contributed by atoms with van der Waals surface area (Å²) >= 11 is 1.26. The quantitative estimate of drug-likeness (QED) is 0.408. The van der Waals surface area contributed by atoms with Crippen molar-refractivity contribution >= 4 is 22.2 Å². The van der Waals surface area contributed by atoms with E-state index in [1.54, 1.807) is 29.2 Å². The fraction of sp³-hybridized carbons (Fsp3) is 0.250. The molecular weight excluding hydrogens is 476 g/mol. The minimum atomic E-state index is -0.503. The Labute approximate surface area is 203 Å². The first kappa shape index (κ1) is 23.1. The summed E-state index contributed by atoms with van der Waals surface area (Å²) in [6.45, 7) is 2.44. The molecule has 0 bridgehead atoms. The largest absolute Gasteiger partial charge is 0.481 e. The number of aromatic nitrogens is 3. The van der Waals surface area contributed by atoms with Gasteiger partial charge in [-0.2, -0.15) is 9.61 Å². The van der Waals surface area contributed by atoms with Gasteiger partial charge in [-0.3, -0.25) is 14.5 Å². The molecule has 0 saturated carbocycles. The molecule has 0 radical (unpaired) electrons. The highest BCUT2D eigenvalue weighted by molar-refractivity contribution is 7.19. The van der Waals surface area contributed by atoms with E-state index in [9.17, 15) is 18.4 Å². The standard InChI is InChI=1S/C24H21F2N5O3S/c25-17-7-5-16(6-8-17)23-28-31-21(32)13-18(27-24(31)35-23)14-29-9-11-30(12-10-29)22(33)15-34-20-4-2-1-3-19(20)26/h1-8,13H,9-12,14-15H2. The van der Waals surface area contributed by atoms with Crippen LogP contribution in [0.5, 0.6) is 5.75 Å². The fourth-order valence-corrected chi connectivity index (χ4v) is 4.75. The van der Waals surface area contributed by atoms with Crippen LogP contribution in [0.3, 0.4) is 0 Å². The predicted molar refractivity (Wildman–Crippen MR) is 126 cm³/mol. The Balaban J connectivity index is 1.19. The van der Waals surface area contributed by atoms with Crippen molar-refractivity contribution < 1.29 is 18.3 Å². The van der Waals surface area contributed by atoms with Crippen molar-refractivity contribution in [3.63, 3.8) is 0 Å². The third-order valence-corrected chi connectivity index (χ3v) is 6.65. The summed E-state index contributed by atoms with van der Waals surface area (Å²) in [5.74, 6) is -0.996. The van der Waals surface area contributed by atoms with Crippen molar-refractivity contribution in [2.45, 2.75) is 6.54 Å². The molecular formula is C24H21F2N5O3S. The number of hydrogen-bond donors (Lipinski definition) is 0. The van der Waals surface area contributed by atoms with Crippen LogP contribution in [0.25, 0.3) is 15.5 Å². The van der Waals surface area contributed by atoms with E-state index in [0.717, 1.165) is 0 Å². The number of fused-ring (bicyclic) bond motifs is 1. The zero-order valence-corrected chi connectivity index (χ0v) is 19.4.